The molecular formula is C20H20F3NO2. The predicted octanol–water partition coefficient (Wildman–Crippen LogP) is 4.23. The molecule has 0 fully saturated rings. The van der Waals surface area contributed by atoms with Crippen LogP contribution in [0.4, 0.5) is 13.2 Å². The van der Waals surface area contributed by atoms with Gasteiger partial charge in [0.25, 0.3) is 0 Å². The summed E-state index contributed by atoms with van der Waals surface area (Å²) in [4.78, 5) is 1.93. The first-order valence-electron chi connectivity index (χ1n) is 8.39. The third kappa shape index (κ3) is 4.26. The van der Waals surface area contributed by atoms with E-state index in [0.717, 1.165) is 23.6 Å². The summed E-state index contributed by atoms with van der Waals surface area (Å²) in [7, 11) is 0. The first-order chi connectivity index (χ1) is 12.3. The van der Waals surface area contributed by atoms with Gasteiger partial charge in [0.1, 0.15) is 5.75 Å². The van der Waals surface area contributed by atoms with Crippen molar-refractivity contribution in [3.05, 3.63) is 71.3 Å². The van der Waals surface area contributed by atoms with Crippen molar-refractivity contribution in [2.24, 2.45) is 0 Å². The molecule has 3 rings (SSSR count). The molecule has 0 bridgehead atoms. The zero-order valence-electron chi connectivity index (χ0n) is 14.1. The number of phenols is 1. The van der Waals surface area contributed by atoms with E-state index in [9.17, 15) is 23.4 Å². The molecule has 26 heavy (non-hydrogen) atoms. The Morgan fingerprint density at radius 1 is 1.04 bits per heavy atom. The molecular weight excluding hydrogens is 343 g/mol. The van der Waals surface area contributed by atoms with E-state index in [4.69, 9.17) is 0 Å². The van der Waals surface area contributed by atoms with Crippen LogP contribution < -0.4 is 0 Å². The van der Waals surface area contributed by atoms with Crippen molar-refractivity contribution in [1.82, 2.24) is 4.90 Å². The van der Waals surface area contributed by atoms with Crippen molar-refractivity contribution >= 4 is 5.57 Å². The van der Waals surface area contributed by atoms with E-state index < -0.39 is 17.8 Å². The van der Waals surface area contributed by atoms with Gasteiger partial charge in [0.2, 0.25) is 0 Å². The van der Waals surface area contributed by atoms with E-state index in [2.05, 4.69) is 0 Å². The number of β-amino-alcohol motifs (C(OH)–C–C–N with tert-alkyl or cyclic N) is 1. The minimum absolute atomic E-state index is 0.0895. The summed E-state index contributed by atoms with van der Waals surface area (Å²) in [5.74, 6) is 0.207. The minimum Gasteiger partial charge on any atom is -0.508 e. The fourth-order valence-electron chi connectivity index (χ4n) is 3.20. The third-order valence-corrected chi connectivity index (χ3v) is 4.59. The molecule has 1 atom stereocenters. The number of benzene rings is 2. The first-order valence-corrected chi connectivity index (χ1v) is 8.39. The molecule has 2 aromatic rings. The van der Waals surface area contributed by atoms with Crippen molar-refractivity contribution in [2.45, 2.75) is 18.7 Å². The SMILES string of the molecule is Oc1ccc(C2=CCN(C[C@@H](O)c3ccccc3C(F)(F)F)CC2)cc1. The second kappa shape index (κ2) is 7.51. The maximum absolute atomic E-state index is 13.1. The normalized spacial score (nSPS) is 17.0. The lowest BCUT2D eigenvalue weighted by molar-refractivity contribution is -0.139. The Hall–Kier alpha value is -2.31. The highest BCUT2D eigenvalue weighted by molar-refractivity contribution is 5.67. The lowest BCUT2D eigenvalue weighted by atomic mass is 9.98. The quantitative estimate of drug-likeness (QED) is 0.854. The van der Waals surface area contributed by atoms with E-state index >= 15 is 0 Å². The van der Waals surface area contributed by atoms with Crippen molar-refractivity contribution < 1.29 is 23.4 Å². The molecule has 2 aromatic carbocycles. The Morgan fingerprint density at radius 2 is 1.73 bits per heavy atom. The van der Waals surface area contributed by atoms with Crippen LogP contribution in [-0.2, 0) is 6.18 Å². The van der Waals surface area contributed by atoms with Gasteiger partial charge >= 0.3 is 6.18 Å². The number of hydrogen-bond acceptors (Lipinski definition) is 3. The van der Waals surface area contributed by atoms with Crippen LogP contribution in [-0.4, -0.2) is 34.7 Å². The zero-order chi connectivity index (χ0) is 18.7. The first kappa shape index (κ1) is 18.5. The fourth-order valence-corrected chi connectivity index (χ4v) is 3.20. The molecule has 6 heteroatoms. The smallest absolute Gasteiger partial charge is 0.416 e. The molecule has 3 nitrogen and oxygen atoms in total. The topological polar surface area (TPSA) is 43.7 Å². The standard InChI is InChI=1S/C20H20F3NO2/c21-20(22,23)18-4-2-1-3-17(18)19(26)13-24-11-9-15(10-12-24)14-5-7-16(25)8-6-14/h1-9,19,25-26H,10-13H2/t19-/m1/s1. The Balaban J connectivity index is 1.67. The van der Waals surface area contributed by atoms with E-state index in [1.54, 1.807) is 12.1 Å². The highest BCUT2D eigenvalue weighted by atomic mass is 19.4. The van der Waals surface area contributed by atoms with Crippen molar-refractivity contribution in [2.75, 3.05) is 19.6 Å². The van der Waals surface area contributed by atoms with Gasteiger partial charge in [-0.2, -0.15) is 13.2 Å². The number of nitrogens with zero attached hydrogens (tertiary/aromatic N) is 1. The second-order valence-electron chi connectivity index (χ2n) is 6.39. The summed E-state index contributed by atoms with van der Waals surface area (Å²) in [6, 6.07) is 12.1. The fraction of sp³-hybridized carbons (Fsp3) is 0.300. The number of hydrogen-bond donors (Lipinski definition) is 2. The largest absolute Gasteiger partial charge is 0.508 e. The maximum Gasteiger partial charge on any atom is 0.416 e. The van der Waals surface area contributed by atoms with Crippen molar-refractivity contribution in [3.8, 4) is 5.75 Å². The van der Waals surface area contributed by atoms with Crippen LogP contribution in [0, 0.1) is 0 Å². The van der Waals surface area contributed by atoms with Gasteiger partial charge in [-0.25, -0.2) is 0 Å². The molecule has 0 saturated heterocycles. The van der Waals surface area contributed by atoms with Crippen LogP contribution in [0.3, 0.4) is 0 Å². The molecule has 0 saturated carbocycles. The van der Waals surface area contributed by atoms with Gasteiger partial charge in [-0.3, -0.25) is 4.90 Å². The van der Waals surface area contributed by atoms with Gasteiger partial charge in [0.05, 0.1) is 11.7 Å². The van der Waals surface area contributed by atoms with Crippen LogP contribution in [0.5, 0.6) is 5.75 Å². The molecule has 1 aliphatic rings. The number of alkyl halides is 3. The molecule has 0 aromatic heterocycles. The van der Waals surface area contributed by atoms with Gasteiger partial charge < -0.3 is 10.2 Å². The summed E-state index contributed by atoms with van der Waals surface area (Å²) in [6.45, 7) is 1.35. The summed E-state index contributed by atoms with van der Waals surface area (Å²) < 4.78 is 39.3. The highest BCUT2D eigenvalue weighted by Crippen LogP contribution is 2.35. The number of aliphatic hydroxyl groups is 1. The monoisotopic (exact) mass is 363 g/mol. The molecule has 0 radical (unpaired) electrons. The van der Waals surface area contributed by atoms with Crippen molar-refractivity contribution in [1.29, 1.82) is 0 Å². The minimum atomic E-state index is -4.48. The predicted molar refractivity (Wildman–Crippen MR) is 93.5 cm³/mol. The average molecular weight is 363 g/mol. The van der Waals surface area contributed by atoms with Crippen LogP contribution >= 0.6 is 0 Å². The number of aliphatic hydroxyl groups excluding tert-OH is 1. The van der Waals surface area contributed by atoms with E-state index in [0.29, 0.717) is 13.1 Å². The Morgan fingerprint density at radius 3 is 2.35 bits per heavy atom. The van der Waals surface area contributed by atoms with Gasteiger partial charge in [-0.05, 0) is 41.3 Å². The highest BCUT2D eigenvalue weighted by Gasteiger charge is 2.35. The Bertz CT molecular complexity index is 784. The summed E-state index contributed by atoms with van der Waals surface area (Å²) in [5.41, 5.74) is 1.27. The summed E-state index contributed by atoms with van der Waals surface area (Å²) in [5, 5.41) is 19.7. The number of phenolic OH excluding ortho intramolecular Hbond substituents is 1. The van der Waals surface area contributed by atoms with Gasteiger partial charge in [0.15, 0.2) is 0 Å². The molecule has 2 N–H and O–H groups in total. The Labute approximate surface area is 150 Å². The van der Waals surface area contributed by atoms with Gasteiger partial charge in [-0.15, -0.1) is 0 Å². The van der Waals surface area contributed by atoms with Crippen LogP contribution in [0.15, 0.2) is 54.6 Å². The summed E-state index contributed by atoms with van der Waals surface area (Å²) >= 11 is 0. The zero-order valence-corrected chi connectivity index (χ0v) is 14.1. The number of aromatic hydroxyl groups is 1. The number of halogens is 3. The van der Waals surface area contributed by atoms with E-state index in [1.807, 2.05) is 23.1 Å². The molecule has 0 aliphatic carbocycles. The molecule has 0 unspecified atom stereocenters. The lowest BCUT2D eigenvalue weighted by Gasteiger charge is -2.29. The van der Waals surface area contributed by atoms with Crippen LogP contribution in [0.25, 0.3) is 5.57 Å². The second-order valence-corrected chi connectivity index (χ2v) is 6.39. The Kier molecular flexibility index (Phi) is 5.34. The maximum atomic E-state index is 13.1. The van der Waals surface area contributed by atoms with Crippen LogP contribution in [0.1, 0.15) is 29.2 Å². The molecule has 1 aliphatic heterocycles. The van der Waals surface area contributed by atoms with E-state index in [1.165, 1.54) is 18.2 Å². The molecule has 138 valence electrons. The molecule has 0 amide bonds. The van der Waals surface area contributed by atoms with E-state index in [-0.39, 0.29) is 17.9 Å². The van der Waals surface area contributed by atoms with Crippen LogP contribution in [0.2, 0.25) is 0 Å². The van der Waals surface area contributed by atoms with Crippen molar-refractivity contribution in [3.63, 3.8) is 0 Å². The molecule has 0 spiro atoms. The summed E-state index contributed by atoms with van der Waals surface area (Å²) in [6.07, 6.45) is -2.93. The average Bonchev–Trinajstić information content (AvgIpc) is 2.62. The third-order valence-electron chi connectivity index (χ3n) is 4.59. The lowest BCUT2D eigenvalue weighted by Crippen LogP contribution is -2.33. The number of rotatable bonds is 4. The molecule has 1 heterocycles. The van der Waals surface area contributed by atoms with Gasteiger partial charge in [-0.1, -0.05) is 36.4 Å². The van der Waals surface area contributed by atoms with Gasteiger partial charge in [0, 0.05) is 19.6 Å².